The number of halogens is 3. The zero-order valence-electron chi connectivity index (χ0n) is 21.5. The smallest absolute Gasteiger partial charge is 0.343 e. The molecule has 0 fully saturated rings. The highest BCUT2D eigenvalue weighted by molar-refractivity contribution is 6.31. The SMILES string of the molecule is O=C(CNC(=O)c1ccc(F)cc1)N/N=C/c1ccc(OC(=O)c2ccc(Cl)cc2)cc1OC(=O)c1ccc(Cl)cc1. The largest absolute Gasteiger partial charge is 0.423 e. The summed E-state index contributed by atoms with van der Waals surface area (Å²) in [5.74, 6) is -3.08. The molecule has 212 valence electrons. The van der Waals surface area contributed by atoms with Crippen LogP contribution in [0.1, 0.15) is 36.6 Å². The van der Waals surface area contributed by atoms with Gasteiger partial charge in [0, 0.05) is 27.2 Å². The van der Waals surface area contributed by atoms with Crippen LogP contribution in [-0.2, 0) is 4.79 Å². The molecule has 12 heteroatoms. The molecule has 0 aliphatic heterocycles. The minimum atomic E-state index is -0.727. The average Bonchev–Trinajstić information content (AvgIpc) is 2.98. The maximum atomic E-state index is 13.0. The van der Waals surface area contributed by atoms with Crippen LogP contribution in [0.5, 0.6) is 11.5 Å². The van der Waals surface area contributed by atoms with E-state index < -0.39 is 36.1 Å². The Balaban J connectivity index is 1.46. The molecule has 0 unspecified atom stereocenters. The van der Waals surface area contributed by atoms with Crippen LogP contribution in [0.3, 0.4) is 0 Å². The molecule has 0 aromatic heterocycles. The molecule has 42 heavy (non-hydrogen) atoms. The topological polar surface area (TPSA) is 123 Å². The Morgan fingerprint density at radius 3 is 1.88 bits per heavy atom. The van der Waals surface area contributed by atoms with E-state index in [-0.39, 0.29) is 33.8 Å². The first kappa shape index (κ1) is 29.9. The molecule has 2 N–H and O–H groups in total. The summed E-state index contributed by atoms with van der Waals surface area (Å²) in [6.07, 6.45) is 1.20. The quantitative estimate of drug-likeness (QED) is 0.113. The molecule has 0 heterocycles. The third-order valence-electron chi connectivity index (χ3n) is 5.47. The summed E-state index contributed by atoms with van der Waals surface area (Å²) < 4.78 is 24.0. The fourth-order valence-corrected chi connectivity index (χ4v) is 3.60. The van der Waals surface area contributed by atoms with Crippen LogP contribution in [0.25, 0.3) is 0 Å². The van der Waals surface area contributed by atoms with Gasteiger partial charge >= 0.3 is 11.9 Å². The number of hydrogen-bond donors (Lipinski definition) is 2. The molecular weight excluding hydrogens is 588 g/mol. The van der Waals surface area contributed by atoms with Crippen molar-refractivity contribution in [1.82, 2.24) is 10.7 Å². The molecule has 2 amide bonds. The predicted molar refractivity (Wildman–Crippen MR) is 154 cm³/mol. The third kappa shape index (κ3) is 8.47. The Morgan fingerprint density at radius 2 is 1.29 bits per heavy atom. The zero-order valence-corrected chi connectivity index (χ0v) is 23.0. The summed E-state index contributed by atoms with van der Waals surface area (Å²) in [6, 6.07) is 21.1. The van der Waals surface area contributed by atoms with Crippen molar-refractivity contribution in [2.75, 3.05) is 6.54 Å². The van der Waals surface area contributed by atoms with Gasteiger partial charge in [-0.15, -0.1) is 0 Å². The molecule has 4 aromatic rings. The number of rotatable bonds is 9. The van der Waals surface area contributed by atoms with Crippen molar-refractivity contribution in [2.24, 2.45) is 5.10 Å². The van der Waals surface area contributed by atoms with Crippen molar-refractivity contribution in [3.63, 3.8) is 0 Å². The summed E-state index contributed by atoms with van der Waals surface area (Å²) >= 11 is 11.8. The van der Waals surface area contributed by atoms with Gasteiger partial charge in [-0.25, -0.2) is 19.4 Å². The van der Waals surface area contributed by atoms with E-state index in [2.05, 4.69) is 15.8 Å². The number of benzene rings is 4. The molecule has 4 rings (SSSR count). The van der Waals surface area contributed by atoms with Gasteiger partial charge in [0.05, 0.1) is 23.9 Å². The Bertz CT molecular complexity index is 1640. The highest BCUT2D eigenvalue weighted by atomic mass is 35.5. The van der Waals surface area contributed by atoms with Gasteiger partial charge in [-0.3, -0.25) is 9.59 Å². The third-order valence-corrected chi connectivity index (χ3v) is 5.97. The number of amides is 2. The van der Waals surface area contributed by atoms with Crippen molar-refractivity contribution in [3.8, 4) is 11.5 Å². The normalized spacial score (nSPS) is 10.6. The number of esters is 2. The van der Waals surface area contributed by atoms with E-state index in [0.717, 1.165) is 12.1 Å². The molecule has 0 spiro atoms. The summed E-state index contributed by atoms with van der Waals surface area (Å²) in [5.41, 5.74) is 3.12. The van der Waals surface area contributed by atoms with Gasteiger partial charge in [0.2, 0.25) is 0 Å². The van der Waals surface area contributed by atoms with E-state index in [1.807, 2.05) is 0 Å². The molecule has 0 aliphatic carbocycles. The second-order valence-electron chi connectivity index (χ2n) is 8.48. The number of carbonyl (C=O) groups is 4. The van der Waals surface area contributed by atoms with E-state index in [1.165, 1.54) is 72.9 Å². The molecule has 0 bridgehead atoms. The Morgan fingerprint density at radius 1 is 0.738 bits per heavy atom. The van der Waals surface area contributed by atoms with Crippen LogP contribution in [0.2, 0.25) is 10.0 Å². The standard InChI is InChI=1S/C30H20Cl2FN3O6/c31-22-8-1-19(2-9-22)29(39)41-25-14-7-21(26(15-25)42-30(40)20-3-10-23(32)11-4-20)16-35-36-27(37)17-34-28(38)18-5-12-24(33)13-6-18/h1-16H,17H2,(H,34,38)(H,36,37)/b35-16+. The maximum Gasteiger partial charge on any atom is 0.343 e. The van der Waals surface area contributed by atoms with Crippen LogP contribution in [0.15, 0.2) is 96.1 Å². The van der Waals surface area contributed by atoms with Crippen LogP contribution >= 0.6 is 23.2 Å². The average molecular weight is 608 g/mol. The lowest BCUT2D eigenvalue weighted by atomic mass is 10.2. The van der Waals surface area contributed by atoms with E-state index in [0.29, 0.717) is 10.0 Å². The van der Waals surface area contributed by atoms with Gasteiger partial charge in [0.1, 0.15) is 17.3 Å². The van der Waals surface area contributed by atoms with Crippen molar-refractivity contribution >= 4 is 53.2 Å². The van der Waals surface area contributed by atoms with Gasteiger partial charge in [-0.2, -0.15) is 5.10 Å². The van der Waals surface area contributed by atoms with Crippen LogP contribution < -0.4 is 20.2 Å². The lowest BCUT2D eigenvalue weighted by Crippen LogP contribution is -2.34. The molecule has 0 saturated carbocycles. The lowest BCUT2D eigenvalue weighted by molar-refractivity contribution is -0.120. The summed E-state index contributed by atoms with van der Waals surface area (Å²) in [4.78, 5) is 49.6. The van der Waals surface area contributed by atoms with Crippen molar-refractivity contribution < 1.29 is 33.0 Å². The second kappa shape index (κ2) is 14.0. The zero-order chi connectivity index (χ0) is 30.1. The molecule has 0 atom stereocenters. The van der Waals surface area contributed by atoms with E-state index >= 15 is 0 Å². The maximum absolute atomic E-state index is 13.0. The number of hydrazone groups is 1. The molecule has 0 aliphatic rings. The second-order valence-corrected chi connectivity index (χ2v) is 9.35. The predicted octanol–water partition coefficient (Wildman–Crippen LogP) is 5.45. The first-order valence-corrected chi connectivity index (χ1v) is 12.9. The van der Waals surface area contributed by atoms with Crippen LogP contribution in [-0.4, -0.2) is 36.5 Å². The molecule has 4 aromatic carbocycles. The van der Waals surface area contributed by atoms with Gasteiger partial charge in [-0.05, 0) is 84.9 Å². The van der Waals surface area contributed by atoms with Crippen LogP contribution in [0.4, 0.5) is 4.39 Å². The summed E-state index contributed by atoms with van der Waals surface area (Å²) in [7, 11) is 0. The number of carbonyl (C=O) groups excluding carboxylic acids is 4. The van der Waals surface area contributed by atoms with Gasteiger partial charge < -0.3 is 14.8 Å². The molecule has 0 radical (unpaired) electrons. The fourth-order valence-electron chi connectivity index (χ4n) is 3.35. The summed E-state index contributed by atoms with van der Waals surface area (Å²) in [5, 5.41) is 7.12. The Kier molecular flexibility index (Phi) is 9.99. The van der Waals surface area contributed by atoms with Crippen molar-refractivity contribution in [1.29, 1.82) is 0 Å². The number of nitrogens with zero attached hydrogens (tertiary/aromatic N) is 1. The Labute approximate surface area is 248 Å². The van der Waals surface area contributed by atoms with E-state index in [1.54, 1.807) is 12.1 Å². The first-order chi connectivity index (χ1) is 20.2. The summed E-state index contributed by atoms with van der Waals surface area (Å²) in [6.45, 7) is -0.411. The van der Waals surface area contributed by atoms with Crippen molar-refractivity contribution in [2.45, 2.75) is 0 Å². The molecule has 0 saturated heterocycles. The van der Waals surface area contributed by atoms with Gasteiger partial charge in [0.15, 0.2) is 0 Å². The van der Waals surface area contributed by atoms with E-state index in [9.17, 15) is 23.6 Å². The lowest BCUT2D eigenvalue weighted by Gasteiger charge is -2.11. The van der Waals surface area contributed by atoms with Gasteiger partial charge in [0.25, 0.3) is 11.8 Å². The fraction of sp³-hybridized carbons (Fsp3) is 0.0333. The minimum absolute atomic E-state index is 0.0287. The first-order valence-electron chi connectivity index (χ1n) is 12.1. The molecule has 9 nitrogen and oxygen atoms in total. The van der Waals surface area contributed by atoms with Crippen molar-refractivity contribution in [3.05, 3.63) is 129 Å². The highest BCUT2D eigenvalue weighted by Gasteiger charge is 2.15. The highest BCUT2D eigenvalue weighted by Crippen LogP contribution is 2.26. The van der Waals surface area contributed by atoms with Crippen LogP contribution in [0, 0.1) is 5.82 Å². The Hall–Kier alpha value is -5.06. The van der Waals surface area contributed by atoms with Gasteiger partial charge in [-0.1, -0.05) is 23.2 Å². The number of ether oxygens (including phenoxy) is 2. The molecular formula is C30H20Cl2FN3O6. The van der Waals surface area contributed by atoms with E-state index in [4.69, 9.17) is 32.7 Å². The minimum Gasteiger partial charge on any atom is -0.423 e. The number of nitrogens with one attached hydrogen (secondary N) is 2. The number of hydrogen-bond acceptors (Lipinski definition) is 7. The monoisotopic (exact) mass is 607 g/mol.